The standard InChI is InChI=1S/C9H10F3NO.ClH/c1-14-6-4-2-3-5(10)7(6)8(13)9(11)12;/h2-4,8-9H,13H2,1H3;1H/t8-;/m1./s1. The summed E-state index contributed by atoms with van der Waals surface area (Å²) in [4.78, 5) is 0. The molecule has 86 valence electrons. The molecule has 0 aliphatic heterocycles. The van der Waals surface area contributed by atoms with E-state index in [0.717, 1.165) is 6.07 Å². The van der Waals surface area contributed by atoms with E-state index >= 15 is 0 Å². The van der Waals surface area contributed by atoms with Crippen molar-refractivity contribution in [3.63, 3.8) is 0 Å². The highest BCUT2D eigenvalue weighted by Crippen LogP contribution is 2.29. The smallest absolute Gasteiger partial charge is 0.257 e. The Morgan fingerprint density at radius 2 is 1.93 bits per heavy atom. The van der Waals surface area contributed by atoms with Gasteiger partial charge in [0.05, 0.1) is 18.7 Å². The molecule has 0 saturated heterocycles. The Bertz CT molecular complexity index is 322. The second-order valence-corrected chi connectivity index (χ2v) is 2.72. The lowest BCUT2D eigenvalue weighted by atomic mass is 10.1. The number of benzene rings is 1. The first-order valence-corrected chi connectivity index (χ1v) is 3.94. The summed E-state index contributed by atoms with van der Waals surface area (Å²) >= 11 is 0. The van der Waals surface area contributed by atoms with Crippen molar-refractivity contribution in [1.82, 2.24) is 0 Å². The van der Waals surface area contributed by atoms with E-state index in [0.29, 0.717) is 0 Å². The van der Waals surface area contributed by atoms with E-state index in [1.165, 1.54) is 19.2 Å². The van der Waals surface area contributed by atoms with Gasteiger partial charge in [0.2, 0.25) is 0 Å². The second-order valence-electron chi connectivity index (χ2n) is 2.72. The highest BCUT2D eigenvalue weighted by Gasteiger charge is 2.24. The molecule has 1 atom stereocenters. The Kier molecular flexibility index (Phi) is 5.46. The van der Waals surface area contributed by atoms with Gasteiger partial charge in [0.25, 0.3) is 6.43 Å². The number of hydrogen-bond acceptors (Lipinski definition) is 2. The Hall–Kier alpha value is -0.940. The summed E-state index contributed by atoms with van der Waals surface area (Å²) in [5.41, 5.74) is 4.86. The Balaban J connectivity index is 0.00000196. The van der Waals surface area contributed by atoms with Gasteiger partial charge in [-0.1, -0.05) is 6.07 Å². The predicted octanol–water partition coefficient (Wildman–Crippen LogP) is 2.52. The topological polar surface area (TPSA) is 35.2 Å². The van der Waals surface area contributed by atoms with Crippen LogP contribution in [0.15, 0.2) is 18.2 Å². The van der Waals surface area contributed by atoms with Crippen molar-refractivity contribution in [1.29, 1.82) is 0 Å². The molecule has 1 aromatic carbocycles. The van der Waals surface area contributed by atoms with Crippen LogP contribution in [0.4, 0.5) is 13.2 Å². The molecular formula is C9H11ClF3NO. The number of rotatable bonds is 3. The summed E-state index contributed by atoms with van der Waals surface area (Å²) in [5.74, 6) is -0.741. The minimum atomic E-state index is -2.82. The first-order chi connectivity index (χ1) is 6.57. The molecule has 0 amide bonds. The maximum atomic E-state index is 13.2. The van der Waals surface area contributed by atoms with Gasteiger partial charge in [0.15, 0.2) is 0 Å². The van der Waals surface area contributed by atoms with Crippen molar-refractivity contribution in [2.45, 2.75) is 12.5 Å². The number of methoxy groups -OCH3 is 1. The maximum absolute atomic E-state index is 13.2. The van der Waals surface area contributed by atoms with Crippen LogP contribution in [0.1, 0.15) is 11.6 Å². The SMILES string of the molecule is COc1cccc(F)c1[C@@H](N)C(F)F.Cl. The van der Waals surface area contributed by atoms with Gasteiger partial charge in [-0.25, -0.2) is 13.2 Å². The summed E-state index contributed by atoms with van der Waals surface area (Å²) in [7, 11) is 1.27. The highest BCUT2D eigenvalue weighted by molar-refractivity contribution is 5.85. The molecule has 2 nitrogen and oxygen atoms in total. The third-order valence-electron chi connectivity index (χ3n) is 1.84. The molecule has 0 unspecified atom stereocenters. The predicted molar refractivity (Wildman–Crippen MR) is 53.1 cm³/mol. The number of alkyl halides is 2. The fourth-order valence-electron chi connectivity index (χ4n) is 1.14. The first-order valence-electron chi connectivity index (χ1n) is 3.94. The molecule has 0 bridgehead atoms. The molecule has 0 radical (unpaired) electrons. The average Bonchev–Trinajstić information content (AvgIpc) is 2.16. The number of ether oxygens (including phenoxy) is 1. The van der Waals surface area contributed by atoms with E-state index in [-0.39, 0.29) is 23.7 Å². The van der Waals surface area contributed by atoms with Crippen molar-refractivity contribution in [3.05, 3.63) is 29.6 Å². The maximum Gasteiger partial charge on any atom is 0.257 e. The van der Waals surface area contributed by atoms with Crippen LogP contribution in [0.3, 0.4) is 0 Å². The van der Waals surface area contributed by atoms with Gasteiger partial charge in [-0.15, -0.1) is 12.4 Å². The fourth-order valence-corrected chi connectivity index (χ4v) is 1.14. The Morgan fingerprint density at radius 1 is 1.33 bits per heavy atom. The van der Waals surface area contributed by atoms with Crippen LogP contribution >= 0.6 is 12.4 Å². The minimum absolute atomic E-state index is 0. The van der Waals surface area contributed by atoms with Gasteiger partial charge in [0.1, 0.15) is 11.6 Å². The molecule has 0 aromatic heterocycles. The van der Waals surface area contributed by atoms with Crippen LogP contribution < -0.4 is 10.5 Å². The minimum Gasteiger partial charge on any atom is -0.496 e. The molecule has 0 aliphatic rings. The first kappa shape index (κ1) is 14.1. The molecule has 15 heavy (non-hydrogen) atoms. The van der Waals surface area contributed by atoms with Crippen molar-refractivity contribution >= 4 is 12.4 Å². The lowest BCUT2D eigenvalue weighted by Gasteiger charge is -2.15. The van der Waals surface area contributed by atoms with Crippen LogP contribution in [-0.4, -0.2) is 13.5 Å². The summed E-state index contributed by atoms with van der Waals surface area (Å²) in [6.07, 6.45) is -2.82. The van der Waals surface area contributed by atoms with E-state index < -0.39 is 18.3 Å². The molecule has 0 saturated carbocycles. The molecule has 0 aliphatic carbocycles. The second kappa shape index (κ2) is 5.82. The van der Waals surface area contributed by atoms with Gasteiger partial charge in [-0.05, 0) is 12.1 Å². The molecular weight excluding hydrogens is 231 g/mol. The zero-order chi connectivity index (χ0) is 10.7. The number of halogens is 4. The van der Waals surface area contributed by atoms with Gasteiger partial charge in [0, 0.05) is 0 Å². The molecule has 0 heterocycles. The third-order valence-corrected chi connectivity index (χ3v) is 1.84. The molecule has 0 spiro atoms. The van der Waals surface area contributed by atoms with Gasteiger partial charge < -0.3 is 10.5 Å². The van der Waals surface area contributed by atoms with E-state index in [1.54, 1.807) is 0 Å². The number of nitrogens with two attached hydrogens (primary N) is 1. The van der Waals surface area contributed by atoms with Gasteiger partial charge in [-0.2, -0.15) is 0 Å². The van der Waals surface area contributed by atoms with Crippen molar-refractivity contribution < 1.29 is 17.9 Å². The lowest BCUT2D eigenvalue weighted by Crippen LogP contribution is -2.21. The lowest BCUT2D eigenvalue weighted by molar-refractivity contribution is 0.113. The fraction of sp³-hybridized carbons (Fsp3) is 0.333. The van der Waals surface area contributed by atoms with E-state index in [9.17, 15) is 13.2 Å². The van der Waals surface area contributed by atoms with Gasteiger partial charge in [-0.3, -0.25) is 0 Å². The van der Waals surface area contributed by atoms with E-state index in [4.69, 9.17) is 10.5 Å². The monoisotopic (exact) mass is 241 g/mol. The summed E-state index contributed by atoms with van der Waals surface area (Å²) in [6, 6.07) is 2.17. The molecule has 1 aromatic rings. The Labute approximate surface area is 91.6 Å². The largest absolute Gasteiger partial charge is 0.496 e. The van der Waals surface area contributed by atoms with E-state index in [1.807, 2.05) is 0 Å². The molecule has 2 N–H and O–H groups in total. The van der Waals surface area contributed by atoms with E-state index in [2.05, 4.69) is 0 Å². The number of hydrogen-bond donors (Lipinski definition) is 1. The molecule has 1 rings (SSSR count). The zero-order valence-corrected chi connectivity index (χ0v) is 8.73. The van der Waals surface area contributed by atoms with Gasteiger partial charge >= 0.3 is 0 Å². The summed E-state index contributed by atoms with van der Waals surface area (Å²) < 4.78 is 42.4. The van der Waals surface area contributed by atoms with Crippen molar-refractivity contribution in [2.24, 2.45) is 5.73 Å². The Morgan fingerprint density at radius 3 is 2.40 bits per heavy atom. The molecule has 6 heteroatoms. The zero-order valence-electron chi connectivity index (χ0n) is 7.91. The van der Waals surface area contributed by atoms with Crippen LogP contribution in [0.5, 0.6) is 5.75 Å². The molecule has 0 fully saturated rings. The third kappa shape index (κ3) is 3.00. The highest BCUT2D eigenvalue weighted by atomic mass is 35.5. The quantitative estimate of drug-likeness (QED) is 0.883. The average molecular weight is 242 g/mol. The normalized spacial score (nSPS) is 12.1. The van der Waals surface area contributed by atoms with Crippen LogP contribution in [-0.2, 0) is 0 Å². The van der Waals surface area contributed by atoms with Crippen LogP contribution in [0.25, 0.3) is 0 Å². The van der Waals surface area contributed by atoms with Crippen LogP contribution in [0.2, 0.25) is 0 Å². The summed E-state index contributed by atoms with van der Waals surface area (Å²) in [6.45, 7) is 0. The van der Waals surface area contributed by atoms with Crippen LogP contribution in [0, 0.1) is 5.82 Å². The van der Waals surface area contributed by atoms with Crippen molar-refractivity contribution in [3.8, 4) is 5.75 Å². The summed E-state index contributed by atoms with van der Waals surface area (Å²) in [5, 5.41) is 0. The van der Waals surface area contributed by atoms with Crippen molar-refractivity contribution in [2.75, 3.05) is 7.11 Å².